The molecule has 0 fully saturated rings. The van der Waals surface area contributed by atoms with Crippen LogP contribution in [0.2, 0.25) is 0 Å². The molecule has 0 unspecified atom stereocenters. The summed E-state index contributed by atoms with van der Waals surface area (Å²) in [5.41, 5.74) is 0.763. The van der Waals surface area contributed by atoms with Gasteiger partial charge in [-0.05, 0) is 19.9 Å². The molecule has 0 aromatic carbocycles. The minimum atomic E-state index is -1.09. The van der Waals surface area contributed by atoms with Gasteiger partial charge in [-0.1, -0.05) is 0 Å². The molecule has 2 N–H and O–H groups in total. The van der Waals surface area contributed by atoms with Crippen molar-refractivity contribution >= 4 is 11.9 Å². The Morgan fingerprint density at radius 3 is 2.83 bits per heavy atom. The summed E-state index contributed by atoms with van der Waals surface area (Å²) in [6, 6.07) is 1.33. The van der Waals surface area contributed by atoms with Gasteiger partial charge in [0.05, 0.1) is 12.2 Å². The number of carboxylic acids is 1. The van der Waals surface area contributed by atoms with Crippen LogP contribution in [-0.4, -0.2) is 26.0 Å². The number of hydrogen-bond acceptors (Lipinski definition) is 6. The number of nitrogens with one attached hydrogen (secondary N) is 1. The second-order valence-corrected chi connectivity index (χ2v) is 3.67. The topological polar surface area (TPSA) is 101 Å². The molecular formula is C11H12N4O3. The fraction of sp³-hybridized carbons (Fsp3) is 0.273. The van der Waals surface area contributed by atoms with E-state index in [2.05, 4.69) is 20.3 Å². The average molecular weight is 248 g/mol. The number of rotatable bonds is 4. The molecule has 0 saturated heterocycles. The van der Waals surface area contributed by atoms with Crippen molar-refractivity contribution < 1.29 is 14.3 Å². The van der Waals surface area contributed by atoms with Crippen LogP contribution in [0.1, 0.15) is 27.8 Å². The SMILES string of the molecule is Cc1nc(CNc2nccc(C(=O)O)n2)oc1C. The van der Waals surface area contributed by atoms with E-state index in [-0.39, 0.29) is 11.6 Å². The number of nitrogens with zero attached hydrogens (tertiary/aromatic N) is 3. The molecule has 2 aromatic rings. The van der Waals surface area contributed by atoms with Gasteiger partial charge in [-0.3, -0.25) is 0 Å². The van der Waals surface area contributed by atoms with E-state index in [4.69, 9.17) is 9.52 Å². The molecule has 0 spiro atoms. The number of oxazole rings is 1. The van der Waals surface area contributed by atoms with Gasteiger partial charge in [0.2, 0.25) is 11.8 Å². The highest BCUT2D eigenvalue weighted by atomic mass is 16.4. The normalized spacial score (nSPS) is 10.3. The van der Waals surface area contributed by atoms with Crippen LogP contribution in [0.25, 0.3) is 0 Å². The van der Waals surface area contributed by atoms with Crippen molar-refractivity contribution in [3.63, 3.8) is 0 Å². The van der Waals surface area contributed by atoms with Crippen LogP contribution in [0.5, 0.6) is 0 Å². The van der Waals surface area contributed by atoms with Gasteiger partial charge in [-0.2, -0.15) is 0 Å². The van der Waals surface area contributed by atoms with Gasteiger partial charge < -0.3 is 14.8 Å². The van der Waals surface area contributed by atoms with Gasteiger partial charge in [0.25, 0.3) is 0 Å². The Morgan fingerprint density at radius 1 is 1.44 bits per heavy atom. The molecule has 0 aliphatic heterocycles. The zero-order valence-electron chi connectivity index (χ0n) is 9.97. The summed E-state index contributed by atoms with van der Waals surface area (Å²) in [7, 11) is 0. The maximum Gasteiger partial charge on any atom is 0.354 e. The van der Waals surface area contributed by atoms with Crippen LogP contribution in [0, 0.1) is 13.8 Å². The third-order valence-electron chi connectivity index (χ3n) is 2.35. The lowest BCUT2D eigenvalue weighted by Gasteiger charge is -2.01. The Bertz CT molecular complexity index is 560. The van der Waals surface area contributed by atoms with E-state index in [9.17, 15) is 4.79 Å². The monoisotopic (exact) mass is 248 g/mol. The van der Waals surface area contributed by atoms with Gasteiger partial charge >= 0.3 is 5.97 Å². The van der Waals surface area contributed by atoms with Crippen LogP contribution in [0.4, 0.5) is 5.95 Å². The Morgan fingerprint density at radius 2 is 2.22 bits per heavy atom. The van der Waals surface area contributed by atoms with Crippen molar-refractivity contribution in [3.8, 4) is 0 Å². The fourth-order valence-corrected chi connectivity index (χ4v) is 1.33. The summed E-state index contributed by atoms with van der Waals surface area (Å²) in [4.78, 5) is 22.6. The maximum atomic E-state index is 10.7. The molecule has 2 heterocycles. The van der Waals surface area contributed by atoms with E-state index in [0.29, 0.717) is 12.4 Å². The summed E-state index contributed by atoms with van der Waals surface area (Å²) in [6.07, 6.45) is 1.38. The van der Waals surface area contributed by atoms with E-state index in [0.717, 1.165) is 11.5 Å². The van der Waals surface area contributed by atoms with E-state index in [1.165, 1.54) is 12.3 Å². The van der Waals surface area contributed by atoms with Crippen LogP contribution in [-0.2, 0) is 6.54 Å². The van der Waals surface area contributed by atoms with E-state index >= 15 is 0 Å². The standard InChI is InChI=1S/C11H12N4O3/c1-6-7(2)18-9(14-6)5-13-11-12-4-3-8(15-11)10(16)17/h3-4H,5H2,1-2H3,(H,16,17)(H,12,13,15). The molecule has 0 atom stereocenters. The molecule has 0 bridgehead atoms. The molecular weight excluding hydrogens is 236 g/mol. The lowest BCUT2D eigenvalue weighted by molar-refractivity contribution is 0.0690. The second-order valence-electron chi connectivity index (χ2n) is 3.67. The predicted octanol–water partition coefficient (Wildman–Crippen LogP) is 1.39. The largest absolute Gasteiger partial charge is 0.477 e. The third kappa shape index (κ3) is 2.62. The van der Waals surface area contributed by atoms with Crippen molar-refractivity contribution in [2.75, 3.05) is 5.32 Å². The Labute approximate surface area is 103 Å². The molecule has 7 nitrogen and oxygen atoms in total. The third-order valence-corrected chi connectivity index (χ3v) is 2.35. The minimum Gasteiger partial charge on any atom is -0.477 e. The van der Waals surface area contributed by atoms with Crippen molar-refractivity contribution in [1.29, 1.82) is 0 Å². The molecule has 7 heteroatoms. The number of carboxylic acid groups (broad SMARTS) is 1. The molecule has 0 amide bonds. The number of aromatic carboxylic acids is 1. The highest BCUT2D eigenvalue weighted by molar-refractivity contribution is 5.85. The minimum absolute atomic E-state index is 0.0627. The summed E-state index contributed by atoms with van der Waals surface area (Å²) in [5.74, 6) is 0.396. The van der Waals surface area contributed by atoms with Gasteiger partial charge in [0.15, 0.2) is 5.69 Å². The van der Waals surface area contributed by atoms with Crippen molar-refractivity contribution in [3.05, 3.63) is 35.3 Å². The number of aryl methyl sites for hydroxylation is 2. The first-order valence-corrected chi connectivity index (χ1v) is 5.29. The zero-order chi connectivity index (χ0) is 13.1. The number of aromatic nitrogens is 3. The van der Waals surface area contributed by atoms with Crippen LogP contribution in [0.15, 0.2) is 16.7 Å². The van der Waals surface area contributed by atoms with Gasteiger partial charge in [0.1, 0.15) is 5.76 Å². The quantitative estimate of drug-likeness (QED) is 0.842. The highest BCUT2D eigenvalue weighted by Gasteiger charge is 2.08. The van der Waals surface area contributed by atoms with Gasteiger partial charge in [0, 0.05) is 6.20 Å². The highest BCUT2D eigenvalue weighted by Crippen LogP contribution is 2.09. The molecule has 94 valence electrons. The van der Waals surface area contributed by atoms with E-state index < -0.39 is 5.97 Å². The molecule has 18 heavy (non-hydrogen) atoms. The summed E-state index contributed by atoms with van der Waals surface area (Å²) < 4.78 is 5.37. The van der Waals surface area contributed by atoms with Gasteiger partial charge in [-0.15, -0.1) is 0 Å². The second kappa shape index (κ2) is 4.82. The van der Waals surface area contributed by atoms with E-state index in [1.807, 2.05) is 13.8 Å². The Kier molecular flexibility index (Phi) is 3.22. The predicted molar refractivity (Wildman–Crippen MR) is 62.3 cm³/mol. The fourth-order valence-electron chi connectivity index (χ4n) is 1.33. The molecule has 0 aliphatic rings. The van der Waals surface area contributed by atoms with Crippen LogP contribution < -0.4 is 5.32 Å². The first kappa shape index (κ1) is 12.0. The molecule has 0 radical (unpaired) electrons. The zero-order valence-corrected chi connectivity index (χ0v) is 9.97. The number of hydrogen-bond donors (Lipinski definition) is 2. The number of anilines is 1. The maximum absolute atomic E-state index is 10.7. The average Bonchev–Trinajstić information content (AvgIpc) is 2.67. The molecule has 0 aliphatic carbocycles. The lowest BCUT2D eigenvalue weighted by Crippen LogP contribution is -2.07. The summed E-state index contributed by atoms with van der Waals surface area (Å²) in [6.45, 7) is 3.98. The first-order chi connectivity index (χ1) is 8.56. The van der Waals surface area contributed by atoms with Crippen molar-refractivity contribution in [2.24, 2.45) is 0 Å². The summed E-state index contributed by atoms with van der Waals surface area (Å²) in [5, 5.41) is 11.6. The Hall–Kier alpha value is -2.44. The van der Waals surface area contributed by atoms with Crippen LogP contribution in [0.3, 0.4) is 0 Å². The van der Waals surface area contributed by atoms with Crippen molar-refractivity contribution in [1.82, 2.24) is 15.0 Å². The number of carbonyl (C=O) groups is 1. The smallest absolute Gasteiger partial charge is 0.354 e. The molecule has 0 saturated carbocycles. The van der Waals surface area contributed by atoms with Gasteiger partial charge in [-0.25, -0.2) is 19.7 Å². The summed E-state index contributed by atoms with van der Waals surface area (Å²) >= 11 is 0. The lowest BCUT2D eigenvalue weighted by atomic mass is 10.4. The van der Waals surface area contributed by atoms with Crippen molar-refractivity contribution in [2.45, 2.75) is 20.4 Å². The van der Waals surface area contributed by atoms with E-state index in [1.54, 1.807) is 0 Å². The molecule has 2 aromatic heterocycles. The molecule has 2 rings (SSSR count). The Balaban J connectivity index is 2.06. The first-order valence-electron chi connectivity index (χ1n) is 5.29. The van der Waals surface area contributed by atoms with Crippen LogP contribution >= 0.6 is 0 Å².